The molecule has 0 saturated heterocycles. The third-order valence-corrected chi connectivity index (χ3v) is 5.93. The quantitative estimate of drug-likeness (QED) is 0.482. The average Bonchev–Trinajstić information content (AvgIpc) is 3.44. The number of nitrogens with two attached hydrogens (primary N) is 1. The van der Waals surface area contributed by atoms with Gasteiger partial charge >= 0.3 is 6.18 Å². The topological polar surface area (TPSA) is 99.0 Å². The Morgan fingerprint density at radius 3 is 2.40 bits per heavy atom. The fraction of sp³-hybridized carbons (Fsp3) is 0.167. The Labute approximate surface area is 197 Å². The van der Waals surface area contributed by atoms with Crippen molar-refractivity contribution in [2.24, 2.45) is 5.73 Å². The number of hydrogen-bond donors (Lipinski definition) is 1. The Bertz CT molecular complexity index is 1450. The maximum absolute atomic E-state index is 13.8. The number of primary amides is 1. The van der Waals surface area contributed by atoms with Crippen molar-refractivity contribution in [2.75, 3.05) is 11.4 Å². The second-order valence-electron chi connectivity index (χ2n) is 8.07. The second kappa shape index (κ2) is 8.12. The maximum Gasteiger partial charge on any atom is 0.435 e. The summed E-state index contributed by atoms with van der Waals surface area (Å²) in [4.78, 5) is 30.7. The highest BCUT2D eigenvalue weighted by atomic mass is 19.4. The lowest BCUT2D eigenvalue weighted by molar-refractivity contribution is -0.141. The Hall–Kier alpha value is -4.41. The van der Waals surface area contributed by atoms with E-state index in [1.54, 1.807) is 24.5 Å². The van der Waals surface area contributed by atoms with Crippen LogP contribution in [-0.4, -0.2) is 37.7 Å². The summed E-state index contributed by atoms with van der Waals surface area (Å²) in [6.07, 6.45) is -1.30. The predicted molar refractivity (Wildman–Crippen MR) is 121 cm³/mol. The zero-order valence-electron chi connectivity index (χ0n) is 18.5. The molecule has 3 heterocycles. The fourth-order valence-corrected chi connectivity index (χ4v) is 4.26. The molecule has 11 heteroatoms. The van der Waals surface area contributed by atoms with Gasteiger partial charge in [0.15, 0.2) is 5.69 Å². The van der Waals surface area contributed by atoms with Crippen molar-refractivity contribution in [1.29, 1.82) is 0 Å². The highest BCUT2D eigenvalue weighted by Crippen LogP contribution is 2.37. The first-order chi connectivity index (χ1) is 16.6. The molecule has 2 aromatic carbocycles. The minimum absolute atomic E-state index is 0.0339. The smallest absolute Gasteiger partial charge is 0.366 e. The number of aromatic nitrogens is 4. The number of alkyl halides is 3. The lowest BCUT2D eigenvalue weighted by Gasteiger charge is -2.28. The number of fused-ring (bicyclic) bond motifs is 1. The van der Waals surface area contributed by atoms with Crippen LogP contribution in [0, 0.1) is 6.92 Å². The van der Waals surface area contributed by atoms with E-state index in [1.165, 1.54) is 29.2 Å². The molecule has 35 heavy (non-hydrogen) atoms. The normalized spacial score (nSPS) is 13.7. The van der Waals surface area contributed by atoms with Crippen molar-refractivity contribution in [3.05, 3.63) is 89.3 Å². The highest BCUT2D eigenvalue weighted by Gasteiger charge is 2.43. The van der Waals surface area contributed by atoms with Crippen LogP contribution in [0.2, 0.25) is 0 Å². The molecule has 5 rings (SSSR count). The number of carbonyl (C=O) groups is 2. The zero-order chi connectivity index (χ0) is 24.9. The van der Waals surface area contributed by atoms with E-state index in [2.05, 4.69) is 10.1 Å². The molecular weight excluding hydrogens is 461 g/mol. The van der Waals surface area contributed by atoms with Gasteiger partial charge in [0.05, 0.1) is 5.69 Å². The molecule has 4 aromatic rings. The van der Waals surface area contributed by atoms with Crippen molar-refractivity contribution < 1.29 is 22.8 Å². The zero-order valence-corrected chi connectivity index (χ0v) is 18.5. The van der Waals surface area contributed by atoms with Crippen LogP contribution in [0.5, 0.6) is 0 Å². The molecule has 2 N–H and O–H groups in total. The first-order valence-electron chi connectivity index (χ1n) is 10.7. The van der Waals surface area contributed by atoms with Crippen molar-refractivity contribution in [2.45, 2.75) is 19.5 Å². The van der Waals surface area contributed by atoms with Gasteiger partial charge in [-0.3, -0.25) is 9.59 Å². The molecule has 0 fully saturated rings. The summed E-state index contributed by atoms with van der Waals surface area (Å²) in [5.74, 6) is -0.575. The number of rotatable bonds is 4. The third kappa shape index (κ3) is 3.84. The average molecular weight is 480 g/mol. The summed E-state index contributed by atoms with van der Waals surface area (Å²) < 4.78 is 44.2. The summed E-state index contributed by atoms with van der Waals surface area (Å²) in [7, 11) is 0. The van der Waals surface area contributed by atoms with Gasteiger partial charge in [-0.15, -0.1) is 0 Å². The number of hydrogen-bond acceptors (Lipinski definition) is 4. The van der Waals surface area contributed by atoms with Crippen LogP contribution >= 0.6 is 0 Å². The second-order valence-corrected chi connectivity index (χ2v) is 8.07. The molecule has 1 aliphatic heterocycles. The number of nitrogens with zero attached hydrogens (tertiary/aromatic N) is 5. The molecule has 2 aromatic heterocycles. The molecule has 0 saturated carbocycles. The number of carbonyl (C=O) groups excluding carboxylic acids is 2. The monoisotopic (exact) mass is 480 g/mol. The van der Waals surface area contributed by atoms with Crippen LogP contribution in [0.15, 0.2) is 60.9 Å². The predicted octanol–water partition coefficient (Wildman–Crippen LogP) is 3.69. The lowest BCUT2D eigenvalue weighted by Crippen LogP contribution is -2.39. The Morgan fingerprint density at radius 1 is 1.06 bits per heavy atom. The molecule has 2 amide bonds. The number of benzene rings is 2. The van der Waals surface area contributed by atoms with Crippen LogP contribution in [0.25, 0.3) is 11.4 Å². The largest absolute Gasteiger partial charge is 0.435 e. The minimum Gasteiger partial charge on any atom is -0.366 e. The molecule has 0 spiro atoms. The first-order valence-corrected chi connectivity index (χ1v) is 10.7. The van der Waals surface area contributed by atoms with Crippen LogP contribution in [0.4, 0.5) is 18.9 Å². The standard InChI is InChI=1S/C24H19F3N6O2/c1-14-29-10-12-31(14)16-5-7-17(8-6-16)32-11-9-19-20(23(32)35)33(30-21(19)24(25,26)27)18-4-2-3-15(13-18)22(28)34/h2-8,10,12-13H,9,11H2,1H3,(H2,28,34). The van der Waals surface area contributed by atoms with Crippen molar-refractivity contribution in [1.82, 2.24) is 19.3 Å². The Morgan fingerprint density at radius 2 is 1.77 bits per heavy atom. The van der Waals surface area contributed by atoms with E-state index in [4.69, 9.17) is 5.73 Å². The van der Waals surface area contributed by atoms with Gasteiger partial charge in [-0.2, -0.15) is 18.3 Å². The van der Waals surface area contributed by atoms with E-state index in [0.717, 1.165) is 16.2 Å². The molecule has 8 nitrogen and oxygen atoms in total. The van der Waals surface area contributed by atoms with Gasteiger partial charge in [-0.1, -0.05) is 6.07 Å². The SMILES string of the molecule is Cc1nccn1-c1ccc(N2CCc3c(C(F)(F)F)nn(-c4cccc(C(N)=O)c4)c3C2=O)cc1. The number of amides is 2. The third-order valence-electron chi connectivity index (χ3n) is 5.93. The van der Waals surface area contributed by atoms with E-state index < -0.39 is 23.7 Å². The van der Waals surface area contributed by atoms with Gasteiger partial charge in [0.25, 0.3) is 5.91 Å². The molecule has 1 aliphatic rings. The number of imidazole rings is 1. The first kappa shape index (κ1) is 22.4. The minimum atomic E-state index is -4.75. The van der Waals surface area contributed by atoms with E-state index in [9.17, 15) is 22.8 Å². The summed E-state index contributed by atoms with van der Waals surface area (Å²) in [5, 5.41) is 3.75. The van der Waals surface area contributed by atoms with Crippen LogP contribution in [-0.2, 0) is 12.6 Å². The Balaban J connectivity index is 1.58. The molecular formula is C24H19F3N6O2. The summed E-state index contributed by atoms with van der Waals surface area (Å²) in [5.41, 5.74) is 5.44. The maximum atomic E-state index is 13.8. The van der Waals surface area contributed by atoms with Crippen LogP contribution < -0.4 is 10.6 Å². The molecule has 0 aliphatic carbocycles. The van der Waals surface area contributed by atoms with Gasteiger partial charge in [0, 0.05) is 41.4 Å². The van der Waals surface area contributed by atoms with Gasteiger partial charge in [-0.25, -0.2) is 9.67 Å². The van der Waals surface area contributed by atoms with E-state index in [1.807, 2.05) is 23.6 Å². The summed E-state index contributed by atoms with van der Waals surface area (Å²) >= 11 is 0. The molecule has 0 radical (unpaired) electrons. The summed E-state index contributed by atoms with van der Waals surface area (Å²) in [6, 6.07) is 12.8. The molecule has 178 valence electrons. The highest BCUT2D eigenvalue weighted by molar-refractivity contribution is 6.07. The fourth-order valence-electron chi connectivity index (χ4n) is 4.26. The van der Waals surface area contributed by atoms with E-state index in [0.29, 0.717) is 5.69 Å². The van der Waals surface area contributed by atoms with E-state index >= 15 is 0 Å². The van der Waals surface area contributed by atoms with Crippen molar-refractivity contribution in [3.8, 4) is 11.4 Å². The Kier molecular flexibility index (Phi) is 5.19. The van der Waals surface area contributed by atoms with Crippen molar-refractivity contribution >= 4 is 17.5 Å². The summed E-state index contributed by atoms with van der Waals surface area (Å²) in [6.45, 7) is 1.92. The number of halogens is 3. The van der Waals surface area contributed by atoms with E-state index in [-0.39, 0.29) is 35.5 Å². The molecule has 0 atom stereocenters. The molecule has 0 bridgehead atoms. The van der Waals surface area contributed by atoms with Gasteiger partial charge in [-0.05, 0) is 55.8 Å². The van der Waals surface area contributed by atoms with Crippen LogP contribution in [0.1, 0.15) is 37.9 Å². The number of aryl methyl sites for hydroxylation is 1. The number of anilines is 1. The van der Waals surface area contributed by atoms with Crippen molar-refractivity contribution in [3.63, 3.8) is 0 Å². The van der Waals surface area contributed by atoms with Gasteiger partial charge < -0.3 is 15.2 Å². The van der Waals surface area contributed by atoms with Gasteiger partial charge in [0.1, 0.15) is 11.5 Å². The van der Waals surface area contributed by atoms with Crippen LogP contribution in [0.3, 0.4) is 0 Å². The lowest BCUT2D eigenvalue weighted by atomic mass is 10.0. The van der Waals surface area contributed by atoms with Gasteiger partial charge in [0.2, 0.25) is 5.91 Å². The molecule has 0 unspecified atom stereocenters.